The summed E-state index contributed by atoms with van der Waals surface area (Å²) in [6, 6.07) is 6.68. The van der Waals surface area contributed by atoms with Gasteiger partial charge >= 0.3 is 0 Å². The molecule has 1 aromatic carbocycles. The van der Waals surface area contributed by atoms with E-state index in [4.69, 9.17) is 10.4 Å². The van der Waals surface area contributed by atoms with E-state index >= 15 is 0 Å². The molecule has 1 saturated carbocycles. The summed E-state index contributed by atoms with van der Waals surface area (Å²) in [6.07, 6.45) is 1.36. The van der Waals surface area contributed by atoms with E-state index in [1.54, 1.807) is 12.1 Å². The van der Waals surface area contributed by atoms with Crippen molar-refractivity contribution < 1.29 is 9.50 Å². The van der Waals surface area contributed by atoms with Crippen molar-refractivity contribution in [3.8, 4) is 6.07 Å². The van der Waals surface area contributed by atoms with Crippen LogP contribution in [-0.2, 0) is 6.54 Å². The maximum Gasteiger partial charge on any atom is 0.140 e. The van der Waals surface area contributed by atoms with Crippen molar-refractivity contribution in [1.29, 1.82) is 5.26 Å². The van der Waals surface area contributed by atoms with Gasteiger partial charge in [0.1, 0.15) is 11.9 Å². The molecule has 2 N–H and O–H groups in total. The first kappa shape index (κ1) is 11.1. The minimum Gasteiger partial charge on any atom is -0.393 e. The molecule has 16 heavy (non-hydrogen) atoms. The maximum absolute atomic E-state index is 13.0. The molecule has 1 aliphatic carbocycles. The Balaban J connectivity index is 1.92. The van der Waals surface area contributed by atoms with Crippen LogP contribution >= 0.6 is 0 Å². The summed E-state index contributed by atoms with van der Waals surface area (Å²) in [6.45, 7) is 0.604. The second-order valence-electron chi connectivity index (χ2n) is 4.13. The van der Waals surface area contributed by atoms with Crippen LogP contribution < -0.4 is 5.32 Å². The Morgan fingerprint density at radius 2 is 2.25 bits per heavy atom. The highest BCUT2D eigenvalue weighted by atomic mass is 19.1. The molecule has 1 aliphatic rings. The van der Waals surface area contributed by atoms with E-state index in [-0.39, 0.29) is 11.7 Å². The first-order valence-electron chi connectivity index (χ1n) is 5.29. The Morgan fingerprint density at radius 3 is 2.88 bits per heavy atom. The molecule has 4 heteroatoms. The molecule has 1 aromatic rings. The highest BCUT2D eigenvalue weighted by Gasteiger charge is 2.26. The van der Waals surface area contributed by atoms with Crippen molar-refractivity contribution in [3.05, 3.63) is 35.1 Å². The molecule has 1 fully saturated rings. The molecule has 0 amide bonds. The molecule has 0 unspecified atom stereocenters. The molecule has 0 heterocycles. The number of hydrogen-bond donors (Lipinski definition) is 2. The smallest absolute Gasteiger partial charge is 0.140 e. The van der Waals surface area contributed by atoms with Gasteiger partial charge in [0.05, 0.1) is 11.7 Å². The zero-order valence-corrected chi connectivity index (χ0v) is 8.78. The lowest BCUT2D eigenvalue weighted by molar-refractivity contribution is 0.0619. The lowest BCUT2D eigenvalue weighted by Gasteiger charge is -2.32. The quantitative estimate of drug-likeness (QED) is 0.807. The van der Waals surface area contributed by atoms with Crippen LogP contribution in [0.3, 0.4) is 0 Å². The van der Waals surface area contributed by atoms with Gasteiger partial charge in [-0.15, -0.1) is 0 Å². The second-order valence-corrected chi connectivity index (χ2v) is 4.13. The zero-order valence-electron chi connectivity index (χ0n) is 8.78. The largest absolute Gasteiger partial charge is 0.393 e. The van der Waals surface area contributed by atoms with E-state index in [2.05, 4.69) is 5.32 Å². The molecule has 0 saturated heterocycles. The normalized spacial score (nSPS) is 23.6. The third kappa shape index (κ3) is 2.38. The van der Waals surface area contributed by atoms with E-state index in [9.17, 15) is 4.39 Å². The van der Waals surface area contributed by atoms with Crippen LogP contribution in [-0.4, -0.2) is 17.3 Å². The predicted octanol–water partition coefficient (Wildman–Crippen LogP) is 1.31. The van der Waals surface area contributed by atoms with Gasteiger partial charge < -0.3 is 10.4 Å². The Labute approximate surface area is 93.5 Å². The molecule has 0 bridgehead atoms. The molecule has 0 radical (unpaired) electrons. The zero-order chi connectivity index (χ0) is 11.5. The summed E-state index contributed by atoms with van der Waals surface area (Å²) in [5, 5.41) is 21.0. The molecule has 3 nitrogen and oxygen atoms in total. The number of rotatable bonds is 3. The summed E-state index contributed by atoms with van der Waals surface area (Å²) >= 11 is 0. The van der Waals surface area contributed by atoms with Crippen molar-refractivity contribution in [2.24, 2.45) is 0 Å². The van der Waals surface area contributed by atoms with E-state index in [1.165, 1.54) is 6.07 Å². The van der Waals surface area contributed by atoms with Crippen LogP contribution in [0.4, 0.5) is 4.39 Å². The van der Waals surface area contributed by atoms with Crippen LogP contribution in [0.15, 0.2) is 18.2 Å². The molecule has 0 atom stereocenters. The van der Waals surface area contributed by atoms with E-state index < -0.39 is 5.82 Å². The number of nitrogens with one attached hydrogen (secondary N) is 1. The molecule has 0 aromatic heterocycles. The van der Waals surface area contributed by atoms with Crippen molar-refractivity contribution in [2.45, 2.75) is 31.5 Å². The van der Waals surface area contributed by atoms with E-state index in [0.29, 0.717) is 12.6 Å². The molecule has 84 valence electrons. The van der Waals surface area contributed by atoms with Gasteiger partial charge in [-0.25, -0.2) is 4.39 Å². The molecular formula is C12H13FN2O. The first-order chi connectivity index (χ1) is 7.69. The minimum absolute atomic E-state index is 0.0768. The Bertz CT molecular complexity index is 422. The monoisotopic (exact) mass is 220 g/mol. The fourth-order valence-corrected chi connectivity index (χ4v) is 1.78. The van der Waals surface area contributed by atoms with Crippen LogP contribution in [0, 0.1) is 17.1 Å². The molecular weight excluding hydrogens is 207 g/mol. The van der Waals surface area contributed by atoms with Crippen molar-refractivity contribution >= 4 is 0 Å². The third-order valence-electron chi connectivity index (χ3n) is 2.86. The van der Waals surface area contributed by atoms with Gasteiger partial charge in [0, 0.05) is 12.6 Å². The lowest BCUT2D eigenvalue weighted by atomic mass is 9.89. The highest BCUT2D eigenvalue weighted by molar-refractivity contribution is 5.34. The summed E-state index contributed by atoms with van der Waals surface area (Å²) in [5.74, 6) is -0.481. The number of hydrogen-bond acceptors (Lipinski definition) is 3. The van der Waals surface area contributed by atoms with Crippen LogP contribution in [0.5, 0.6) is 0 Å². The van der Waals surface area contributed by atoms with Crippen molar-refractivity contribution in [2.75, 3.05) is 0 Å². The number of halogens is 1. The van der Waals surface area contributed by atoms with Gasteiger partial charge in [0.2, 0.25) is 0 Å². The highest BCUT2D eigenvalue weighted by Crippen LogP contribution is 2.20. The van der Waals surface area contributed by atoms with Gasteiger partial charge in [-0.1, -0.05) is 6.07 Å². The van der Waals surface area contributed by atoms with E-state index in [1.807, 2.05) is 6.07 Å². The van der Waals surface area contributed by atoms with Gasteiger partial charge in [0.25, 0.3) is 0 Å². The van der Waals surface area contributed by atoms with E-state index in [0.717, 1.165) is 18.4 Å². The van der Waals surface area contributed by atoms with Crippen molar-refractivity contribution in [3.63, 3.8) is 0 Å². The van der Waals surface area contributed by atoms with Crippen LogP contribution in [0.1, 0.15) is 24.0 Å². The number of nitriles is 1. The standard InChI is InChI=1S/C12H13FN2O/c13-12-2-1-8(3-9(12)6-14)7-15-10-4-11(16)5-10/h1-3,10-11,15-16H,4-5,7H2. The fourth-order valence-electron chi connectivity index (χ4n) is 1.78. The summed E-state index contributed by atoms with van der Waals surface area (Å²) in [4.78, 5) is 0. The average molecular weight is 220 g/mol. The summed E-state index contributed by atoms with van der Waals surface area (Å²) in [5.41, 5.74) is 0.965. The molecule has 0 aliphatic heterocycles. The maximum atomic E-state index is 13.0. The molecule has 2 rings (SSSR count). The van der Waals surface area contributed by atoms with Gasteiger partial charge in [-0.3, -0.25) is 0 Å². The van der Waals surface area contributed by atoms with Crippen molar-refractivity contribution in [1.82, 2.24) is 5.32 Å². The SMILES string of the molecule is N#Cc1cc(CNC2CC(O)C2)ccc1F. The first-order valence-corrected chi connectivity index (χ1v) is 5.29. The average Bonchev–Trinajstić information content (AvgIpc) is 2.24. The third-order valence-corrected chi connectivity index (χ3v) is 2.86. The minimum atomic E-state index is -0.481. The second kappa shape index (κ2) is 4.60. The number of aliphatic hydroxyl groups is 1. The van der Waals surface area contributed by atoms with Gasteiger partial charge in [-0.2, -0.15) is 5.26 Å². The Morgan fingerprint density at radius 1 is 1.50 bits per heavy atom. The molecule has 0 spiro atoms. The number of aliphatic hydroxyl groups excluding tert-OH is 1. The van der Waals surface area contributed by atoms with Gasteiger partial charge in [-0.05, 0) is 30.5 Å². The lowest BCUT2D eigenvalue weighted by Crippen LogP contribution is -2.43. The Hall–Kier alpha value is -1.44. The summed E-state index contributed by atoms with van der Waals surface area (Å²) in [7, 11) is 0. The predicted molar refractivity (Wildman–Crippen MR) is 57.0 cm³/mol. The topological polar surface area (TPSA) is 56.0 Å². The number of nitrogens with zero attached hydrogens (tertiary/aromatic N) is 1. The van der Waals surface area contributed by atoms with Gasteiger partial charge in [0.15, 0.2) is 0 Å². The van der Waals surface area contributed by atoms with Crippen LogP contribution in [0.25, 0.3) is 0 Å². The summed E-state index contributed by atoms with van der Waals surface area (Å²) < 4.78 is 13.0. The number of benzene rings is 1. The fraction of sp³-hybridized carbons (Fsp3) is 0.417. The Kier molecular flexibility index (Phi) is 3.18. The van der Waals surface area contributed by atoms with Crippen LogP contribution in [0.2, 0.25) is 0 Å².